The average molecular weight is 871 g/mol. The molecule has 0 saturated heterocycles. The monoisotopic (exact) mass is 871 g/mol. The zero-order valence-corrected chi connectivity index (χ0v) is 42.2. The number of aryl methyl sites for hydroxylation is 1. The first-order valence-corrected chi connectivity index (χ1v) is 24.7. The molecule has 2 aliphatic carbocycles. The van der Waals surface area contributed by atoms with E-state index in [1.807, 2.05) is 27.7 Å². The van der Waals surface area contributed by atoms with E-state index in [-0.39, 0.29) is 22.2 Å². The number of benzene rings is 5. The molecule has 5 aromatic carbocycles. The van der Waals surface area contributed by atoms with E-state index in [1.165, 1.54) is 83.1 Å². The predicted molar refractivity (Wildman–Crippen MR) is 290 cm³/mol. The normalized spacial score (nSPS) is 21.3. The summed E-state index contributed by atoms with van der Waals surface area (Å²) < 4.78 is 2.62. The van der Waals surface area contributed by atoms with E-state index in [2.05, 4.69) is 242 Å². The highest BCUT2D eigenvalue weighted by Gasteiger charge is 2.43. The standard InChI is InChI=1S/C49H48N2.C11H14.2C2H6/c1-30-13-9-10-14-32(30)24-26-50-35-21-19-31(2)36-22-20-33(28-42(36)47(3,4)25-23-35)34-27-38-37-15-11-16-39-44(37)51-45(38)43(29-34)49(7,8)41-18-12-17-40(46(41)51)48(39,5)6;1-11-9-7-5-3-2-4-6-8-10-11;2*1-2/h9-24,26-29,31,50H,25H2,1-8H3;3-11H,2H2,1H3;2*1-2H3/b21-19-,26-24-,35-23+;5-3-,6-4-,9-7-,10-8-;;. The number of aromatic nitrogens is 1. The SMILES string of the molecule is CC.CC.CC1/C=C\C=C/C/C=C\C=C/1.Cc1ccccc1/C=C\NC1=C/CC(C)(C)c2cc(-c3cc4c5c(c3)c3cccc6c3n5-c3c(cccc3C4(C)C)C6(C)C)ccc2C(C)/C=C\1. The minimum Gasteiger partial charge on any atom is -0.362 e. The molecule has 0 saturated carbocycles. The van der Waals surface area contributed by atoms with Gasteiger partial charge in [-0.15, -0.1) is 0 Å². The van der Waals surface area contributed by atoms with Crippen LogP contribution in [0.4, 0.5) is 0 Å². The maximum absolute atomic E-state index is 3.59. The summed E-state index contributed by atoms with van der Waals surface area (Å²) in [4.78, 5) is 0. The number of fused-ring (bicyclic) bond motifs is 2. The predicted octanol–water partition coefficient (Wildman–Crippen LogP) is 17.8. The molecular weight excluding hydrogens is 797 g/mol. The van der Waals surface area contributed by atoms with Crippen molar-refractivity contribution in [2.75, 3.05) is 0 Å². The number of rotatable bonds is 4. The van der Waals surface area contributed by atoms with Gasteiger partial charge in [0.25, 0.3) is 0 Å². The van der Waals surface area contributed by atoms with Gasteiger partial charge in [-0.1, -0.05) is 223 Å². The summed E-state index contributed by atoms with van der Waals surface area (Å²) in [5.74, 6) is 0.828. The van der Waals surface area contributed by atoms with Crippen molar-refractivity contribution in [2.45, 2.75) is 125 Å². The summed E-state index contributed by atoms with van der Waals surface area (Å²) in [5.41, 5.74) is 18.7. The average Bonchev–Trinajstić information content (AvgIpc) is 3.68. The number of hydrogen-bond donors (Lipinski definition) is 1. The van der Waals surface area contributed by atoms with Crippen LogP contribution in [0.15, 0.2) is 170 Å². The van der Waals surface area contributed by atoms with E-state index >= 15 is 0 Å². The minimum atomic E-state index is -0.139. The van der Waals surface area contributed by atoms with Crippen molar-refractivity contribution in [3.63, 3.8) is 0 Å². The van der Waals surface area contributed by atoms with Crippen LogP contribution in [0, 0.1) is 12.8 Å². The first kappa shape index (κ1) is 47.8. The largest absolute Gasteiger partial charge is 0.362 e. The van der Waals surface area contributed by atoms with E-state index < -0.39 is 0 Å². The van der Waals surface area contributed by atoms with Gasteiger partial charge in [-0.3, -0.25) is 0 Å². The second kappa shape index (κ2) is 19.8. The van der Waals surface area contributed by atoms with Crippen molar-refractivity contribution in [3.8, 4) is 16.8 Å². The maximum atomic E-state index is 3.59. The maximum Gasteiger partial charge on any atom is 0.0582 e. The Bertz CT molecular complexity index is 2920. The van der Waals surface area contributed by atoms with Gasteiger partial charge in [-0.05, 0) is 117 Å². The van der Waals surface area contributed by atoms with Crippen LogP contribution in [0.5, 0.6) is 0 Å². The molecule has 2 aliphatic heterocycles. The third-order valence-corrected chi connectivity index (χ3v) is 14.1. The summed E-state index contributed by atoms with van der Waals surface area (Å²) in [7, 11) is 0. The van der Waals surface area contributed by atoms with Gasteiger partial charge in [0.1, 0.15) is 0 Å². The van der Waals surface area contributed by atoms with Crippen LogP contribution in [-0.4, -0.2) is 4.57 Å². The molecule has 1 aromatic heterocycles. The fourth-order valence-electron chi connectivity index (χ4n) is 10.3. The molecule has 3 heterocycles. The lowest BCUT2D eigenvalue weighted by molar-refractivity contribution is 0.526. The first-order valence-electron chi connectivity index (χ1n) is 24.7. The summed E-state index contributed by atoms with van der Waals surface area (Å²) in [6, 6.07) is 34.8. The van der Waals surface area contributed by atoms with Gasteiger partial charge in [-0.2, -0.15) is 0 Å². The summed E-state index contributed by atoms with van der Waals surface area (Å²) >= 11 is 0. The third kappa shape index (κ3) is 8.92. The molecule has 4 aliphatic rings. The Hall–Kier alpha value is -6.12. The van der Waals surface area contributed by atoms with Crippen LogP contribution < -0.4 is 5.32 Å². The van der Waals surface area contributed by atoms with Gasteiger partial charge >= 0.3 is 0 Å². The molecule has 0 fully saturated rings. The quantitative estimate of drug-likeness (QED) is 0.187. The Morgan fingerprint density at radius 2 is 1.23 bits per heavy atom. The number of hydrogen-bond acceptors (Lipinski definition) is 1. The smallest absolute Gasteiger partial charge is 0.0582 e. The first-order chi connectivity index (χ1) is 31.8. The molecule has 10 rings (SSSR count). The van der Waals surface area contributed by atoms with Crippen LogP contribution in [0.3, 0.4) is 0 Å². The summed E-state index contributed by atoms with van der Waals surface area (Å²) in [6.07, 6.45) is 30.3. The van der Waals surface area contributed by atoms with E-state index in [0.29, 0.717) is 5.92 Å². The van der Waals surface area contributed by atoms with E-state index in [9.17, 15) is 0 Å². The fraction of sp³-hybridized carbons (Fsp3) is 0.312. The van der Waals surface area contributed by atoms with Crippen molar-refractivity contribution in [1.82, 2.24) is 9.88 Å². The fourth-order valence-corrected chi connectivity index (χ4v) is 10.3. The Morgan fingerprint density at radius 3 is 1.92 bits per heavy atom. The van der Waals surface area contributed by atoms with Crippen LogP contribution in [0.25, 0.3) is 44.7 Å². The molecule has 1 N–H and O–H groups in total. The van der Waals surface area contributed by atoms with Crippen molar-refractivity contribution in [2.24, 2.45) is 5.92 Å². The molecule has 6 aromatic rings. The Labute approximate surface area is 398 Å². The molecule has 1 atom stereocenters. The lowest BCUT2D eigenvalue weighted by Crippen LogP contribution is -2.33. The van der Waals surface area contributed by atoms with Crippen LogP contribution >= 0.6 is 0 Å². The molecule has 2 heteroatoms. The van der Waals surface area contributed by atoms with E-state index in [0.717, 1.165) is 18.5 Å². The Kier molecular flexibility index (Phi) is 14.3. The van der Waals surface area contributed by atoms with Crippen LogP contribution in [0.1, 0.15) is 146 Å². The van der Waals surface area contributed by atoms with Crippen LogP contribution in [-0.2, 0) is 16.2 Å². The minimum absolute atomic E-state index is 0.0550. The molecule has 0 spiro atoms. The lowest BCUT2D eigenvalue weighted by Gasteiger charge is -2.42. The Morgan fingerprint density at radius 1 is 0.606 bits per heavy atom. The van der Waals surface area contributed by atoms with Crippen molar-refractivity contribution >= 4 is 27.9 Å². The number of nitrogens with zero attached hydrogens (tertiary/aromatic N) is 1. The zero-order valence-electron chi connectivity index (χ0n) is 42.2. The molecule has 2 nitrogen and oxygen atoms in total. The second-order valence-corrected chi connectivity index (χ2v) is 19.7. The molecular formula is C64H74N2. The van der Waals surface area contributed by atoms with Gasteiger partial charge in [0.2, 0.25) is 0 Å². The van der Waals surface area contributed by atoms with Crippen molar-refractivity contribution in [3.05, 3.63) is 214 Å². The molecule has 340 valence electrons. The van der Waals surface area contributed by atoms with Crippen molar-refractivity contribution < 1.29 is 0 Å². The zero-order chi connectivity index (χ0) is 47.4. The van der Waals surface area contributed by atoms with Gasteiger partial charge in [-0.25, -0.2) is 0 Å². The lowest BCUT2D eigenvalue weighted by atomic mass is 9.68. The third-order valence-electron chi connectivity index (χ3n) is 14.1. The van der Waals surface area contributed by atoms with Crippen LogP contribution in [0.2, 0.25) is 0 Å². The number of allylic oxidation sites excluding steroid dienone is 11. The molecule has 0 bridgehead atoms. The molecule has 1 unspecified atom stereocenters. The second-order valence-electron chi connectivity index (χ2n) is 19.7. The highest BCUT2D eigenvalue weighted by Crippen LogP contribution is 2.56. The number of para-hydroxylation sites is 2. The molecule has 66 heavy (non-hydrogen) atoms. The molecule has 0 amide bonds. The summed E-state index contributed by atoms with van der Waals surface area (Å²) in [5, 5.41) is 6.31. The van der Waals surface area contributed by atoms with Gasteiger partial charge in [0, 0.05) is 33.5 Å². The van der Waals surface area contributed by atoms with Gasteiger partial charge < -0.3 is 9.88 Å². The summed E-state index contributed by atoms with van der Waals surface area (Å²) in [6.45, 7) is 29.1. The number of nitrogens with one attached hydrogen (secondary N) is 1. The highest BCUT2D eigenvalue weighted by atomic mass is 15.0. The van der Waals surface area contributed by atoms with Crippen molar-refractivity contribution in [1.29, 1.82) is 0 Å². The van der Waals surface area contributed by atoms with Gasteiger partial charge in [0.15, 0.2) is 0 Å². The van der Waals surface area contributed by atoms with E-state index in [4.69, 9.17) is 0 Å². The van der Waals surface area contributed by atoms with Gasteiger partial charge in [0.05, 0.1) is 16.7 Å². The highest BCUT2D eigenvalue weighted by molar-refractivity contribution is 6.15. The Balaban J connectivity index is 0.000000375. The molecule has 0 radical (unpaired) electrons. The van der Waals surface area contributed by atoms with E-state index in [1.54, 1.807) is 0 Å². The topological polar surface area (TPSA) is 17.0 Å².